The quantitative estimate of drug-likeness (QED) is 0.0650. The first kappa shape index (κ1) is 47.1. The number of carboxylic acids is 1. The van der Waals surface area contributed by atoms with E-state index in [2.05, 4.69) is 16.0 Å². The fraction of sp³-hybridized carbons (Fsp3) is 0.327. The second-order valence-electron chi connectivity index (χ2n) is 16.0. The molecule has 14 nitrogen and oxygen atoms in total. The van der Waals surface area contributed by atoms with Crippen molar-refractivity contribution in [3.05, 3.63) is 144 Å². The molecule has 0 aromatic heterocycles. The Morgan fingerprint density at radius 3 is 2.10 bits per heavy atom. The molecule has 5 rings (SSSR count). The van der Waals surface area contributed by atoms with E-state index < -0.39 is 59.9 Å². The molecule has 5 aromatic carbocycles. The lowest BCUT2D eigenvalue weighted by Crippen LogP contribution is -2.54. The number of benzene rings is 5. The molecule has 0 saturated heterocycles. The molecule has 0 radical (unpaired) electrons. The van der Waals surface area contributed by atoms with Crippen LogP contribution in [0.2, 0.25) is 0 Å². The zero-order valence-corrected chi connectivity index (χ0v) is 36.3. The zero-order valence-electron chi connectivity index (χ0n) is 36.3. The van der Waals surface area contributed by atoms with Gasteiger partial charge in [-0.2, -0.15) is 0 Å². The molecule has 0 aliphatic heterocycles. The number of rotatable bonds is 21. The van der Waals surface area contributed by atoms with Gasteiger partial charge in [-0.1, -0.05) is 103 Å². The Labute approximate surface area is 367 Å². The Balaban J connectivity index is 1.38. The summed E-state index contributed by atoms with van der Waals surface area (Å²) in [5.41, 5.74) is 1.93. The van der Waals surface area contributed by atoms with Crippen molar-refractivity contribution in [3.63, 3.8) is 0 Å². The zero-order chi connectivity index (χ0) is 45.4. The van der Waals surface area contributed by atoms with Crippen LogP contribution >= 0.6 is 0 Å². The predicted molar refractivity (Wildman–Crippen MR) is 239 cm³/mol. The van der Waals surface area contributed by atoms with Gasteiger partial charge in [-0.05, 0) is 79.3 Å². The summed E-state index contributed by atoms with van der Waals surface area (Å²) < 4.78 is 23.3. The SMILES string of the molecule is COc1cccc(CCNC(=O)C(CC(=O)O)NC(=O)c2c(OCC(Cc3ccccc3)NC(=O)C(COCc3ccccc3)N(C)C(=O)OC(C)(C)C)ccc3ccccc23)c1. The second-order valence-corrected chi connectivity index (χ2v) is 16.0. The number of methoxy groups -OCH3 is 1. The summed E-state index contributed by atoms with van der Waals surface area (Å²) in [5.74, 6) is -2.39. The van der Waals surface area contributed by atoms with E-state index in [9.17, 15) is 29.1 Å². The lowest BCUT2D eigenvalue weighted by Gasteiger charge is -2.31. The Morgan fingerprint density at radius 2 is 1.41 bits per heavy atom. The highest BCUT2D eigenvalue weighted by molar-refractivity contribution is 6.10. The van der Waals surface area contributed by atoms with E-state index in [1.54, 1.807) is 58.2 Å². The topological polar surface area (TPSA) is 182 Å². The molecule has 0 aliphatic rings. The van der Waals surface area contributed by atoms with Gasteiger partial charge in [0, 0.05) is 13.6 Å². The van der Waals surface area contributed by atoms with Gasteiger partial charge in [0.25, 0.3) is 5.91 Å². The van der Waals surface area contributed by atoms with Crippen LogP contribution in [0.15, 0.2) is 121 Å². The Kier molecular flexibility index (Phi) is 17.0. The molecule has 3 unspecified atom stereocenters. The van der Waals surface area contributed by atoms with E-state index >= 15 is 0 Å². The minimum absolute atomic E-state index is 0.0781. The third kappa shape index (κ3) is 14.6. The molecule has 63 heavy (non-hydrogen) atoms. The fourth-order valence-corrected chi connectivity index (χ4v) is 6.73. The molecule has 0 spiro atoms. The van der Waals surface area contributed by atoms with Crippen LogP contribution in [0.1, 0.15) is 54.2 Å². The summed E-state index contributed by atoms with van der Waals surface area (Å²) >= 11 is 0. The van der Waals surface area contributed by atoms with Gasteiger partial charge in [0.15, 0.2) is 0 Å². The molecular formula is C49H56N4O10. The molecule has 4 amide bonds. The van der Waals surface area contributed by atoms with Crippen LogP contribution in [0.3, 0.4) is 0 Å². The van der Waals surface area contributed by atoms with Gasteiger partial charge in [-0.25, -0.2) is 4.79 Å². The van der Waals surface area contributed by atoms with Crippen molar-refractivity contribution < 1.29 is 48.0 Å². The first-order chi connectivity index (χ1) is 30.2. The number of fused-ring (bicyclic) bond motifs is 1. The molecular weight excluding hydrogens is 805 g/mol. The number of hydrogen-bond donors (Lipinski definition) is 4. The molecule has 5 aromatic rings. The summed E-state index contributed by atoms with van der Waals surface area (Å²) in [4.78, 5) is 68.4. The van der Waals surface area contributed by atoms with Crippen LogP contribution in [0, 0.1) is 0 Å². The van der Waals surface area contributed by atoms with Crippen molar-refractivity contribution in [1.82, 2.24) is 20.9 Å². The van der Waals surface area contributed by atoms with Crippen LogP contribution in [0.4, 0.5) is 4.79 Å². The van der Waals surface area contributed by atoms with Crippen LogP contribution in [-0.2, 0) is 43.3 Å². The summed E-state index contributed by atoms with van der Waals surface area (Å²) in [5, 5.41) is 19.4. The predicted octanol–water partition coefficient (Wildman–Crippen LogP) is 6.34. The normalized spacial score (nSPS) is 12.6. The highest BCUT2D eigenvalue weighted by atomic mass is 16.6. The lowest BCUT2D eigenvalue weighted by molar-refractivity contribution is -0.139. The number of nitrogens with one attached hydrogen (secondary N) is 3. The molecule has 4 N–H and O–H groups in total. The van der Waals surface area contributed by atoms with Gasteiger partial charge in [-0.15, -0.1) is 0 Å². The number of ether oxygens (including phenoxy) is 4. The Hall–Kier alpha value is -6.93. The van der Waals surface area contributed by atoms with E-state index in [-0.39, 0.29) is 37.7 Å². The number of amides is 4. The molecule has 14 heteroatoms. The van der Waals surface area contributed by atoms with Gasteiger partial charge in [0.2, 0.25) is 11.8 Å². The smallest absolute Gasteiger partial charge is 0.410 e. The number of nitrogens with zero attached hydrogens (tertiary/aromatic N) is 1. The van der Waals surface area contributed by atoms with E-state index in [1.165, 1.54) is 11.9 Å². The van der Waals surface area contributed by atoms with Gasteiger partial charge in [0.05, 0.1) is 38.3 Å². The number of likely N-dealkylation sites (N-methyl/N-ethyl adjacent to an activating group) is 1. The van der Waals surface area contributed by atoms with Crippen LogP contribution in [0.5, 0.6) is 11.5 Å². The highest BCUT2D eigenvalue weighted by Gasteiger charge is 2.33. The van der Waals surface area contributed by atoms with Crippen molar-refractivity contribution in [2.75, 3.05) is 33.9 Å². The van der Waals surface area contributed by atoms with E-state index in [0.717, 1.165) is 16.7 Å². The molecule has 3 atom stereocenters. The lowest BCUT2D eigenvalue weighted by atomic mass is 10.0. The average molecular weight is 861 g/mol. The van der Waals surface area contributed by atoms with Crippen LogP contribution in [0.25, 0.3) is 10.8 Å². The first-order valence-electron chi connectivity index (χ1n) is 20.7. The maximum Gasteiger partial charge on any atom is 0.410 e. The average Bonchev–Trinajstić information content (AvgIpc) is 3.26. The number of carbonyl (C=O) groups is 5. The number of carboxylic acid groups (broad SMARTS) is 1. The van der Waals surface area contributed by atoms with Crippen molar-refractivity contribution in [2.45, 2.75) is 70.4 Å². The number of aliphatic carboxylic acids is 1. The Morgan fingerprint density at radius 1 is 0.746 bits per heavy atom. The van der Waals surface area contributed by atoms with Gasteiger partial charge < -0.3 is 40.0 Å². The Bertz CT molecular complexity index is 2320. The van der Waals surface area contributed by atoms with Gasteiger partial charge in [-0.3, -0.25) is 24.1 Å². The molecule has 0 bridgehead atoms. The number of hydrogen-bond acceptors (Lipinski definition) is 9. The third-order valence-corrected chi connectivity index (χ3v) is 9.92. The monoisotopic (exact) mass is 860 g/mol. The first-order valence-corrected chi connectivity index (χ1v) is 20.7. The molecule has 332 valence electrons. The van der Waals surface area contributed by atoms with E-state index in [1.807, 2.05) is 91.0 Å². The summed E-state index contributed by atoms with van der Waals surface area (Å²) in [6.45, 7) is 5.33. The fourth-order valence-electron chi connectivity index (χ4n) is 6.73. The molecule has 0 aliphatic carbocycles. The maximum absolute atomic E-state index is 14.3. The largest absolute Gasteiger partial charge is 0.497 e. The minimum atomic E-state index is -1.42. The highest BCUT2D eigenvalue weighted by Crippen LogP contribution is 2.29. The molecule has 0 saturated carbocycles. The summed E-state index contributed by atoms with van der Waals surface area (Å²) in [6, 6.07) is 33.5. The molecule has 0 heterocycles. The maximum atomic E-state index is 14.3. The van der Waals surface area contributed by atoms with Crippen molar-refractivity contribution in [3.8, 4) is 11.5 Å². The van der Waals surface area contributed by atoms with Crippen molar-refractivity contribution in [1.29, 1.82) is 0 Å². The number of carbonyl (C=O) groups excluding carboxylic acids is 4. The van der Waals surface area contributed by atoms with Gasteiger partial charge in [0.1, 0.15) is 35.8 Å². The van der Waals surface area contributed by atoms with Crippen LogP contribution < -0.4 is 25.4 Å². The minimum Gasteiger partial charge on any atom is -0.497 e. The standard InChI is InChI=1S/C49H56N4O10/c1-49(2,3)63-48(59)53(4)41(32-61-30-35-17-10-7-11-18-35)46(57)51-37(27-33-15-8-6-9-16-33)31-62-42-24-23-36-20-12-13-22-39(36)44(42)47(58)52-40(29-43(54)55)45(56)50-26-25-34-19-14-21-38(28-34)60-5/h6-24,28,37,40-41H,25-27,29-32H2,1-5H3,(H,50,56)(H,51,57)(H,52,58)(H,54,55). The summed E-state index contributed by atoms with van der Waals surface area (Å²) in [6.07, 6.45) is -0.624. The summed E-state index contributed by atoms with van der Waals surface area (Å²) in [7, 11) is 3.04. The molecule has 0 fully saturated rings. The van der Waals surface area contributed by atoms with Gasteiger partial charge >= 0.3 is 12.1 Å². The second kappa shape index (κ2) is 22.8. The van der Waals surface area contributed by atoms with Crippen molar-refractivity contribution in [2.24, 2.45) is 0 Å². The third-order valence-electron chi connectivity index (χ3n) is 9.92. The van der Waals surface area contributed by atoms with E-state index in [0.29, 0.717) is 29.4 Å². The van der Waals surface area contributed by atoms with Crippen molar-refractivity contribution >= 4 is 40.6 Å². The van der Waals surface area contributed by atoms with E-state index in [4.69, 9.17) is 18.9 Å². The van der Waals surface area contributed by atoms with Crippen LogP contribution in [-0.4, -0.2) is 97.4 Å².